The molecule has 0 unspecified atom stereocenters. The third-order valence-electron chi connectivity index (χ3n) is 3.74. The van der Waals surface area contributed by atoms with Gasteiger partial charge in [0.05, 0.1) is 5.69 Å². The standard InChI is InChI=1S/C17H23N5/c1-2-18-17(21-14-7-3-4-8-14)19-11-10-15-13-22-12-6-5-9-16(22)20-15/h3-6,9,12-14H,2,7-8,10-11H2,1H3,(H2,18,19,21). The molecule has 5 nitrogen and oxygen atoms in total. The predicted octanol–water partition coefficient (Wildman–Crippen LogP) is 2.15. The topological polar surface area (TPSA) is 53.7 Å². The van der Waals surface area contributed by atoms with E-state index in [4.69, 9.17) is 0 Å². The summed E-state index contributed by atoms with van der Waals surface area (Å²) >= 11 is 0. The van der Waals surface area contributed by atoms with Crippen molar-refractivity contribution in [1.82, 2.24) is 20.0 Å². The Balaban J connectivity index is 1.57. The number of guanidine groups is 1. The Kier molecular flexibility index (Phi) is 4.73. The van der Waals surface area contributed by atoms with Crippen molar-refractivity contribution in [2.24, 2.45) is 4.99 Å². The summed E-state index contributed by atoms with van der Waals surface area (Å²) in [4.78, 5) is 9.26. The second kappa shape index (κ2) is 7.11. The highest BCUT2D eigenvalue weighted by Gasteiger charge is 2.11. The average Bonchev–Trinajstić information content (AvgIpc) is 3.16. The number of hydrogen-bond acceptors (Lipinski definition) is 2. The van der Waals surface area contributed by atoms with Gasteiger partial charge in [0.15, 0.2) is 5.96 Å². The number of imidazole rings is 1. The maximum atomic E-state index is 4.66. The highest BCUT2D eigenvalue weighted by atomic mass is 15.2. The van der Waals surface area contributed by atoms with E-state index in [0.717, 1.165) is 49.7 Å². The van der Waals surface area contributed by atoms with E-state index in [-0.39, 0.29) is 0 Å². The normalized spacial score (nSPS) is 15.6. The first kappa shape index (κ1) is 14.6. The minimum absolute atomic E-state index is 0.480. The Morgan fingerprint density at radius 3 is 3.00 bits per heavy atom. The molecule has 116 valence electrons. The van der Waals surface area contributed by atoms with E-state index >= 15 is 0 Å². The number of pyridine rings is 1. The van der Waals surface area contributed by atoms with Crippen LogP contribution in [0.4, 0.5) is 0 Å². The maximum Gasteiger partial charge on any atom is 0.191 e. The Hall–Kier alpha value is -2.30. The van der Waals surface area contributed by atoms with Crippen LogP contribution in [0.3, 0.4) is 0 Å². The molecule has 0 aromatic carbocycles. The fourth-order valence-electron chi connectivity index (χ4n) is 2.64. The monoisotopic (exact) mass is 297 g/mol. The molecule has 1 aliphatic rings. The van der Waals surface area contributed by atoms with E-state index in [1.54, 1.807) is 0 Å². The molecule has 0 fully saturated rings. The van der Waals surface area contributed by atoms with Crippen LogP contribution >= 0.6 is 0 Å². The third-order valence-corrected chi connectivity index (χ3v) is 3.74. The molecule has 0 aliphatic heterocycles. The second-order valence-electron chi connectivity index (χ2n) is 5.49. The zero-order valence-electron chi connectivity index (χ0n) is 13.0. The highest BCUT2D eigenvalue weighted by molar-refractivity contribution is 5.80. The quantitative estimate of drug-likeness (QED) is 0.505. The zero-order chi connectivity index (χ0) is 15.2. The van der Waals surface area contributed by atoms with E-state index in [0.29, 0.717) is 6.04 Å². The van der Waals surface area contributed by atoms with Crippen molar-refractivity contribution < 1.29 is 0 Å². The maximum absolute atomic E-state index is 4.66. The number of rotatable bonds is 5. The lowest BCUT2D eigenvalue weighted by Gasteiger charge is -2.16. The number of hydrogen-bond donors (Lipinski definition) is 2. The molecule has 2 heterocycles. The van der Waals surface area contributed by atoms with Crippen LogP contribution in [-0.2, 0) is 6.42 Å². The van der Waals surface area contributed by atoms with Crippen LogP contribution in [0.2, 0.25) is 0 Å². The largest absolute Gasteiger partial charge is 0.357 e. The van der Waals surface area contributed by atoms with Gasteiger partial charge in [0.25, 0.3) is 0 Å². The SMILES string of the molecule is CCNC(=NCCc1cn2ccccc2n1)NC1CC=CC1. The summed E-state index contributed by atoms with van der Waals surface area (Å²) in [7, 11) is 0. The van der Waals surface area contributed by atoms with Crippen LogP contribution in [0.5, 0.6) is 0 Å². The molecule has 0 saturated heterocycles. The first-order valence-electron chi connectivity index (χ1n) is 7.97. The summed E-state index contributed by atoms with van der Waals surface area (Å²) in [5, 5.41) is 6.79. The molecular formula is C17H23N5. The molecule has 2 N–H and O–H groups in total. The van der Waals surface area contributed by atoms with Crippen molar-refractivity contribution in [1.29, 1.82) is 0 Å². The van der Waals surface area contributed by atoms with Gasteiger partial charge < -0.3 is 15.0 Å². The van der Waals surface area contributed by atoms with Crippen LogP contribution in [0.15, 0.2) is 47.7 Å². The molecule has 1 aliphatic carbocycles. The van der Waals surface area contributed by atoms with Crippen molar-refractivity contribution in [3.8, 4) is 0 Å². The van der Waals surface area contributed by atoms with Crippen LogP contribution in [0.1, 0.15) is 25.5 Å². The minimum Gasteiger partial charge on any atom is -0.357 e. The van der Waals surface area contributed by atoms with E-state index in [2.05, 4.69) is 45.9 Å². The number of nitrogens with zero attached hydrogens (tertiary/aromatic N) is 3. The molecule has 0 amide bonds. The summed E-state index contributed by atoms with van der Waals surface area (Å²) in [6.45, 7) is 3.70. The van der Waals surface area contributed by atoms with Gasteiger partial charge in [0.2, 0.25) is 0 Å². The van der Waals surface area contributed by atoms with Crippen molar-refractivity contribution in [2.75, 3.05) is 13.1 Å². The average molecular weight is 297 g/mol. The summed E-state index contributed by atoms with van der Waals surface area (Å²) in [5.74, 6) is 0.903. The first-order valence-corrected chi connectivity index (χ1v) is 7.97. The van der Waals surface area contributed by atoms with Crippen molar-refractivity contribution >= 4 is 11.6 Å². The van der Waals surface area contributed by atoms with E-state index in [1.165, 1.54) is 0 Å². The predicted molar refractivity (Wildman–Crippen MR) is 90.2 cm³/mol. The number of fused-ring (bicyclic) bond motifs is 1. The highest BCUT2D eigenvalue weighted by Crippen LogP contribution is 2.09. The van der Waals surface area contributed by atoms with Gasteiger partial charge in [0.1, 0.15) is 5.65 Å². The molecule has 5 heteroatoms. The van der Waals surface area contributed by atoms with Gasteiger partial charge in [0, 0.05) is 37.9 Å². The number of aromatic nitrogens is 2. The smallest absolute Gasteiger partial charge is 0.191 e. The third kappa shape index (κ3) is 3.67. The molecule has 0 spiro atoms. The first-order chi connectivity index (χ1) is 10.8. The summed E-state index contributed by atoms with van der Waals surface area (Å²) < 4.78 is 2.05. The Labute approximate surface area is 131 Å². The zero-order valence-corrected chi connectivity index (χ0v) is 13.0. The van der Waals surface area contributed by atoms with Gasteiger partial charge in [-0.15, -0.1) is 0 Å². The molecule has 0 radical (unpaired) electrons. The van der Waals surface area contributed by atoms with E-state index in [9.17, 15) is 0 Å². The minimum atomic E-state index is 0.480. The fourth-order valence-corrected chi connectivity index (χ4v) is 2.64. The summed E-state index contributed by atoms with van der Waals surface area (Å²) in [6.07, 6.45) is 11.5. The van der Waals surface area contributed by atoms with Gasteiger partial charge in [-0.2, -0.15) is 0 Å². The van der Waals surface area contributed by atoms with Gasteiger partial charge in [-0.1, -0.05) is 18.2 Å². The van der Waals surface area contributed by atoms with Gasteiger partial charge in [-0.25, -0.2) is 4.98 Å². The Bertz CT molecular complexity index is 629. The van der Waals surface area contributed by atoms with Crippen LogP contribution < -0.4 is 10.6 Å². The van der Waals surface area contributed by atoms with Crippen LogP contribution in [0.25, 0.3) is 5.65 Å². The molecule has 0 atom stereocenters. The van der Waals surface area contributed by atoms with Gasteiger partial charge >= 0.3 is 0 Å². The molecule has 0 bridgehead atoms. The van der Waals surface area contributed by atoms with Gasteiger partial charge in [-0.3, -0.25) is 4.99 Å². The van der Waals surface area contributed by atoms with E-state index < -0.39 is 0 Å². The van der Waals surface area contributed by atoms with Crippen molar-refractivity contribution in [3.63, 3.8) is 0 Å². The molecule has 22 heavy (non-hydrogen) atoms. The van der Waals surface area contributed by atoms with Gasteiger partial charge in [-0.05, 0) is 31.9 Å². The molecular weight excluding hydrogens is 274 g/mol. The number of nitrogens with one attached hydrogen (secondary N) is 2. The molecule has 2 aromatic heterocycles. The van der Waals surface area contributed by atoms with E-state index in [1.807, 2.05) is 28.8 Å². The fraction of sp³-hybridized carbons (Fsp3) is 0.412. The molecule has 0 saturated carbocycles. The second-order valence-corrected chi connectivity index (χ2v) is 5.49. The summed E-state index contributed by atoms with van der Waals surface area (Å²) in [5.41, 5.74) is 2.07. The lowest BCUT2D eigenvalue weighted by molar-refractivity contribution is 0.633. The van der Waals surface area contributed by atoms with Crippen molar-refractivity contribution in [2.45, 2.75) is 32.2 Å². The lowest BCUT2D eigenvalue weighted by atomic mass is 10.2. The summed E-state index contributed by atoms with van der Waals surface area (Å²) in [6, 6.07) is 6.52. The van der Waals surface area contributed by atoms with Crippen LogP contribution in [-0.4, -0.2) is 34.5 Å². The van der Waals surface area contributed by atoms with Crippen molar-refractivity contribution in [3.05, 3.63) is 48.4 Å². The molecule has 2 aromatic rings. The number of aliphatic imine (C=N–C) groups is 1. The molecule has 3 rings (SSSR count). The Morgan fingerprint density at radius 1 is 1.36 bits per heavy atom. The Morgan fingerprint density at radius 2 is 2.23 bits per heavy atom. The lowest BCUT2D eigenvalue weighted by Crippen LogP contribution is -2.42. The van der Waals surface area contributed by atoms with Crippen LogP contribution in [0, 0.1) is 0 Å².